The molecule has 0 saturated carbocycles. The second-order valence-electron chi connectivity index (χ2n) is 6.07. The van der Waals surface area contributed by atoms with Crippen LogP contribution in [0.4, 0.5) is 10.1 Å². The molecule has 1 amide bonds. The van der Waals surface area contributed by atoms with Crippen LogP contribution in [0, 0.1) is 5.82 Å². The molecule has 1 aromatic heterocycles. The molecule has 1 atom stereocenters. The van der Waals surface area contributed by atoms with Crippen molar-refractivity contribution in [3.8, 4) is 11.4 Å². The molecule has 3 aromatic rings. The van der Waals surface area contributed by atoms with Gasteiger partial charge in [-0.25, -0.2) is 4.39 Å². The van der Waals surface area contributed by atoms with Gasteiger partial charge < -0.3 is 4.90 Å². The molecule has 0 aliphatic carbocycles. The van der Waals surface area contributed by atoms with Gasteiger partial charge in [0.05, 0.1) is 5.56 Å². The summed E-state index contributed by atoms with van der Waals surface area (Å²) in [5.74, 6) is -0.369. The number of nitrogens with zero attached hydrogens (tertiary/aromatic N) is 5. The van der Waals surface area contributed by atoms with Gasteiger partial charge in [0.2, 0.25) is 5.82 Å². The van der Waals surface area contributed by atoms with Crippen LogP contribution in [-0.4, -0.2) is 32.2 Å². The van der Waals surface area contributed by atoms with Gasteiger partial charge in [0, 0.05) is 11.7 Å². The average Bonchev–Trinajstić information content (AvgIpc) is 3.18. The zero-order valence-electron chi connectivity index (χ0n) is 13.6. The Balaban J connectivity index is 1.56. The summed E-state index contributed by atoms with van der Waals surface area (Å²) < 4.78 is 13.8. The van der Waals surface area contributed by atoms with Crippen LogP contribution in [-0.2, 0) is 17.8 Å². The van der Waals surface area contributed by atoms with Gasteiger partial charge in [0.25, 0.3) is 5.91 Å². The lowest BCUT2D eigenvalue weighted by Crippen LogP contribution is -2.38. The van der Waals surface area contributed by atoms with Crippen molar-refractivity contribution in [2.24, 2.45) is 0 Å². The first kappa shape index (κ1) is 15.4. The van der Waals surface area contributed by atoms with Crippen molar-refractivity contribution in [1.82, 2.24) is 20.2 Å². The maximum Gasteiger partial charge on any atom is 0.250 e. The molecule has 1 unspecified atom stereocenters. The molecule has 2 aromatic carbocycles. The number of para-hydroxylation sites is 1. The fourth-order valence-electron chi connectivity index (χ4n) is 3.20. The van der Waals surface area contributed by atoms with Gasteiger partial charge in [-0.05, 0) is 42.3 Å². The van der Waals surface area contributed by atoms with Crippen molar-refractivity contribution >= 4 is 11.6 Å². The number of hydrogen-bond donors (Lipinski definition) is 0. The number of carbonyl (C=O) groups is 1. The lowest BCUT2D eigenvalue weighted by molar-refractivity contribution is -0.119. The minimum atomic E-state index is -0.421. The predicted molar refractivity (Wildman–Crippen MR) is 90.3 cm³/mol. The van der Waals surface area contributed by atoms with Crippen molar-refractivity contribution in [1.29, 1.82) is 0 Å². The van der Waals surface area contributed by atoms with Crippen LogP contribution >= 0.6 is 0 Å². The molecule has 0 N–H and O–H groups in total. The third-order valence-corrected chi connectivity index (χ3v) is 4.32. The molecule has 6 nitrogen and oxygen atoms in total. The quantitative estimate of drug-likeness (QED) is 0.736. The maximum absolute atomic E-state index is 13.8. The van der Waals surface area contributed by atoms with Gasteiger partial charge in [-0.1, -0.05) is 30.3 Å². The first-order valence-corrected chi connectivity index (χ1v) is 8.06. The molecular weight excluding hydrogens is 321 g/mol. The standard InChI is InChI=1S/C18H16FN5O/c1-12-10-13-6-2-5-9-16(13)24(12)17(25)11-23-21-18(20-22-23)14-7-3-4-8-15(14)19/h2-9,12H,10-11H2,1H3. The zero-order valence-corrected chi connectivity index (χ0v) is 13.6. The molecule has 0 saturated heterocycles. The largest absolute Gasteiger partial charge is 0.307 e. The molecule has 0 fully saturated rings. The Hall–Kier alpha value is -3.09. The SMILES string of the molecule is CC1Cc2ccccc2N1C(=O)Cn1nnc(-c2ccccc2F)n1. The molecule has 2 heterocycles. The van der Waals surface area contributed by atoms with Crippen LogP contribution in [0.25, 0.3) is 11.4 Å². The van der Waals surface area contributed by atoms with Crippen LogP contribution in [0.3, 0.4) is 0 Å². The lowest BCUT2D eigenvalue weighted by atomic mass is 10.1. The van der Waals surface area contributed by atoms with Gasteiger partial charge in [0.1, 0.15) is 12.4 Å². The zero-order chi connectivity index (χ0) is 17.4. The number of rotatable bonds is 3. The maximum atomic E-state index is 13.8. The Kier molecular flexibility index (Phi) is 3.76. The minimum absolute atomic E-state index is 0.0415. The summed E-state index contributed by atoms with van der Waals surface area (Å²) in [5, 5.41) is 11.9. The molecule has 25 heavy (non-hydrogen) atoms. The highest BCUT2D eigenvalue weighted by molar-refractivity contribution is 5.95. The molecule has 1 aliphatic heterocycles. The fourth-order valence-corrected chi connectivity index (χ4v) is 3.20. The van der Waals surface area contributed by atoms with Gasteiger partial charge >= 0.3 is 0 Å². The van der Waals surface area contributed by atoms with Gasteiger partial charge in [-0.3, -0.25) is 4.79 Å². The second kappa shape index (κ2) is 6.08. The van der Waals surface area contributed by atoms with E-state index in [4.69, 9.17) is 0 Å². The smallest absolute Gasteiger partial charge is 0.250 e. The normalized spacial score (nSPS) is 16.1. The topological polar surface area (TPSA) is 63.9 Å². The third-order valence-electron chi connectivity index (χ3n) is 4.32. The highest BCUT2D eigenvalue weighted by atomic mass is 19.1. The Labute approximate surface area is 143 Å². The van der Waals surface area contributed by atoms with E-state index in [1.54, 1.807) is 23.1 Å². The Morgan fingerprint density at radius 1 is 1.20 bits per heavy atom. The van der Waals surface area contributed by atoms with E-state index in [-0.39, 0.29) is 29.9 Å². The summed E-state index contributed by atoms with van der Waals surface area (Å²) in [5.41, 5.74) is 2.34. The number of halogens is 1. The monoisotopic (exact) mass is 337 g/mol. The fraction of sp³-hybridized carbons (Fsp3) is 0.222. The van der Waals surface area contributed by atoms with E-state index in [0.29, 0.717) is 0 Å². The number of aromatic nitrogens is 4. The van der Waals surface area contributed by atoms with Crippen molar-refractivity contribution in [3.05, 3.63) is 59.9 Å². The van der Waals surface area contributed by atoms with Crippen LogP contribution in [0.2, 0.25) is 0 Å². The van der Waals surface area contributed by atoms with E-state index in [0.717, 1.165) is 17.7 Å². The average molecular weight is 337 g/mol. The number of carbonyl (C=O) groups excluding carboxylic acids is 1. The van der Waals surface area contributed by atoms with Crippen molar-refractivity contribution in [2.45, 2.75) is 25.9 Å². The number of tetrazole rings is 1. The summed E-state index contributed by atoms with van der Waals surface area (Å²) in [6, 6.07) is 14.2. The highest BCUT2D eigenvalue weighted by Gasteiger charge is 2.30. The Morgan fingerprint density at radius 3 is 2.80 bits per heavy atom. The molecular formula is C18H16FN5O. The predicted octanol–water partition coefficient (Wildman–Crippen LogP) is 2.46. The molecule has 0 bridgehead atoms. The van der Waals surface area contributed by atoms with E-state index in [1.807, 2.05) is 31.2 Å². The molecule has 126 valence electrons. The lowest BCUT2D eigenvalue weighted by Gasteiger charge is -2.22. The van der Waals surface area contributed by atoms with E-state index in [1.165, 1.54) is 10.9 Å². The van der Waals surface area contributed by atoms with Crippen LogP contribution in [0.1, 0.15) is 12.5 Å². The molecule has 7 heteroatoms. The summed E-state index contributed by atoms with van der Waals surface area (Å²) in [4.78, 5) is 15.7. The molecule has 4 rings (SSSR count). The molecule has 0 radical (unpaired) electrons. The second-order valence-corrected chi connectivity index (χ2v) is 6.07. The number of hydrogen-bond acceptors (Lipinski definition) is 4. The van der Waals surface area contributed by atoms with Crippen LogP contribution in [0.5, 0.6) is 0 Å². The van der Waals surface area contributed by atoms with Gasteiger partial charge in [0.15, 0.2) is 0 Å². The first-order valence-electron chi connectivity index (χ1n) is 8.06. The number of amides is 1. The summed E-state index contributed by atoms with van der Waals surface area (Å²) in [6.45, 7) is 1.97. The van der Waals surface area contributed by atoms with Crippen molar-refractivity contribution < 1.29 is 9.18 Å². The summed E-state index contributed by atoms with van der Waals surface area (Å²) >= 11 is 0. The summed E-state index contributed by atoms with van der Waals surface area (Å²) in [6.07, 6.45) is 0.827. The highest BCUT2D eigenvalue weighted by Crippen LogP contribution is 2.31. The van der Waals surface area contributed by atoms with E-state index < -0.39 is 5.82 Å². The van der Waals surface area contributed by atoms with E-state index in [2.05, 4.69) is 15.4 Å². The summed E-state index contributed by atoms with van der Waals surface area (Å²) in [7, 11) is 0. The van der Waals surface area contributed by atoms with Gasteiger partial charge in [-0.15, -0.1) is 10.2 Å². The van der Waals surface area contributed by atoms with Crippen molar-refractivity contribution in [3.63, 3.8) is 0 Å². The van der Waals surface area contributed by atoms with Crippen LogP contribution in [0.15, 0.2) is 48.5 Å². The van der Waals surface area contributed by atoms with Crippen LogP contribution < -0.4 is 4.90 Å². The Bertz CT molecular complexity index is 938. The van der Waals surface area contributed by atoms with Crippen molar-refractivity contribution in [2.75, 3.05) is 4.90 Å². The molecule has 1 aliphatic rings. The third kappa shape index (κ3) is 2.77. The minimum Gasteiger partial charge on any atom is -0.307 e. The number of benzene rings is 2. The van der Waals surface area contributed by atoms with E-state index in [9.17, 15) is 9.18 Å². The van der Waals surface area contributed by atoms with E-state index >= 15 is 0 Å². The van der Waals surface area contributed by atoms with Gasteiger partial charge in [-0.2, -0.15) is 4.80 Å². The number of fused-ring (bicyclic) bond motifs is 1. The first-order chi connectivity index (χ1) is 12.1. The molecule has 0 spiro atoms. The Morgan fingerprint density at radius 2 is 1.96 bits per heavy atom. The number of anilines is 1.